The van der Waals surface area contributed by atoms with Gasteiger partial charge in [-0.3, -0.25) is 19.3 Å². The molecule has 0 unspecified atom stereocenters. The van der Waals surface area contributed by atoms with Crippen molar-refractivity contribution in [1.82, 2.24) is 4.90 Å². The van der Waals surface area contributed by atoms with E-state index in [9.17, 15) is 22.8 Å². The van der Waals surface area contributed by atoms with Gasteiger partial charge in [0.15, 0.2) is 0 Å². The van der Waals surface area contributed by atoms with Crippen molar-refractivity contribution in [2.75, 3.05) is 6.54 Å². The minimum absolute atomic E-state index is 0.0471. The number of carbonyl (C=O) groups excluding carboxylic acids is 3. The maximum absolute atomic E-state index is 12.3. The number of benzene rings is 2. The Hall–Kier alpha value is -2.82. The Balaban J connectivity index is 1.74. The Morgan fingerprint density at radius 2 is 1.72 bits per heavy atom. The molecule has 11 heteroatoms. The maximum atomic E-state index is 12.3. The van der Waals surface area contributed by atoms with Gasteiger partial charge in [0.2, 0.25) is 5.91 Å². The van der Waals surface area contributed by atoms with Crippen LogP contribution in [0, 0.1) is 0 Å². The predicted molar refractivity (Wildman–Crippen MR) is 108 cm³/mol. The minimum Gasteiger partial charge on any atom is -0.379 e. The second kappa shape index (κ2) is 8.27. The number of halogens is 1. The van der Waals surface area contributed by atoms with Crippen LogP contribution in [0.5, 0.6) is 5.75 Å². The standard InChI is InChI=1S/C18H13ClN2O6S2/c19-12-3-7-14(8-4-12)29(25,26)27-13-5-1-11(2-6-13)9-15-17(23)21(10-16(20)22)18(24)28-15/h1-9H,10H2,(H2,20,22)/b15-9-. The minimum atomic E-state index is -4.03. The lowest BCUT2D eigenvalue weighted by Gasteiger charge is -2.08. The molecule has 1 fully saturated rings. The zero-order chi connectivity index (χ0) is 21.2. The van der Waals surface area contributed by atoms with E-state index in [4.69, 9.17) is 21.5 Å². The van der Waals surface area contributed by atoms with Crippen LogP contribution >= 0.6 is 23.4 Å². The molecular weight excluding hydrogens is 440 g/mol. The monoisotopic (exact) mass is 452 g/mol. The van der Waals surface area contributed by atoms with Crippen LogP contribution in [0.15, 0.2) is 58.3 Å². The third-order valence-corrected chi connectivity index (χ3v) is 6.09. The second-order valence-corrected chi connectivity index (χ2v) is 8.77. The number of hydrogen-bond acceptors (Lipinski definition) is 7. The topological polar surface area (TPSA) is 124 Å². The van der Waals surface area contributed by atoms with Gasteiger partial charge in [0.05, 0.1) is 4.91 Å². The molecule has 2 aromatic carbocycles. The van der Waals surface area contributed by atoms with Crippen molar-refractivity contribution in [1.29, 1.82) is 0 Å². The van der Waals surface area contributed by atoms with Crippen molar-refractivity contribution in [2.45, 2.75) is 4.90 Å². The summed E-state index contributed by atoms with van der Waals surface area (Å²) in [5.41, 5.74) is 5.56. The summed E-state index contributed by atoms with van der Waals surface area (Å²) in [7, 11) is -4.03. The van der Waals surface area contributed by atoms with Crippen LogP contribution in [0.4, 0.5) is 4.79 Å². The molecule has 1 aliphatic heterocycles. The van der Waals surface area contributed by atoms with Crippen molar-refractivity contribution in [3.63, 3.8) is 0 Å². The molecule has 8 nitrogen and oxygen atoms in total. The van der Waals surface area contributed by atoms with Crippen molar-refractivity contribution in [2.24, 2.45) is 5.73 Å². The van der Waals surface area contributed by atoms with Crippen molar-refractivity contribution in [3.05, 3.63) is 64.0 Å². The highest BCUT2D eigenvalue weighted by Crippen LogP contribution is 2.32. The molecule has 0 radical (unpaired) electrons. The molecule has 0 spiro atoms. The van der Waals surface area contributed by atoms with Crippen molar-refractivity contribution >= 4 is 56.6 Å². The second-order valence-electron chi connectivity index (χ2n) is 5.79. The molecule has 1 aliphatic rings. The Labute approximate surface area is 175 Å². The van der Waals surface area contributed by atoms with E-state index in [2.05, 4.69) is 0 Å². The molecule has 2 N–H and O–H groups in total. The van der Waals surface area contributed by atoms with Crippen LogP contribution in [0.3, 0.4) is 0 Å². The first-order chi connectivity index (χ1) is 13.7. The smallest absolute Gasteiger partial charge is 0.339 e. The lowest BCUT2D eigenvalue weighted by molar-refractivity contribution is -0.127. The summed E-state index contributed by atoms with van der Waals surface area (Å²) in [6.45, 7) is -0.489. The third-order valence-electron chi connectivity index (χ3n) is 3.67. The van der Waals surface area contributed by atoms with Crippen molar-refractivity contribution in [3.8, 4) is 5.75 Å². The molecular formula is C18H13ClN2O6S2. The summed E-state index contributed by atoms with van der Waals surface area (Å²) in [6, 6.07) is 11.4. The summed E-state index contributed by atoms with van der Waals surface area (Å²) in [6.07, 6.45) is 1.45. The Bertz CT molecular complexity index is 1110. The van der Waals surface area contributed by atoms with E-state index in [1.807, 2.05) is 0 Å². The van der Waals surface area contributed by atoms with Gasteiger partial charge in [-0.2, -0.15) is 8.42 Å². The molecule has 0 aliphatic carbocycles. The van der Waals surface area contributed by atoms with E-state index in [1.165, 1.54) is 54.6 Å². The lowest BCUT2D eigenvalue weighted by Crippen LogP contribution is -2.36. The van der Waals surface area contributed by atoms with E-state index >= 15 is 0 Å². The molecule has 2 aromatic rings. The normalized spacial score (nSPS) is 15.8. The van der Waals surface area contributed by atoms with E-state index in [1.54, 1.807) is 0 Å². The van der Waals surface area contributed by atoms with Gasteiger partial charge >= 0.3 is 10.1 Å². The number of imide groups is 1. The van der Waals surface area contributed by atoms with Gasteiger partial charge in [0.1, 0.15) is 17.2 Å². The first kappa shape index (κ1) is 20.9. The summed E-state index contributed by atoms with van der Waals surface area (Å²) in [5, 5.41) is -0.192. The fourth-order valence-electron chi connectivity index (χ4n) is 2.34. The highest BCUT2D eigenvalue weighted by Gasteiger charge is 2.35. The highest BCUT2D eigenvalue weighted by atomic mass is 35.5. The van der Waals surface area contributed by atoms with E-state index < -0.39 is 33.7 Å². The number of hydrogen-bond donors (Lipinski definition) is 1. The average Bonchev–Trinajstić information content (AvgIpc) is 2.90. The van der Waals surface area contributed by atoms with Crippen LogP contribution < -0.4 is 9.92 Å². The SMILES string of the molecule is NC(=O)CN1C(=O)S/C(=C\c2ccc(OS(=O)(=O)c3ccc(Cl)cc3)cc2)C1=O. The summed E-state index contributed by atoms with van der Waals surface area (Å²) in [4.78, 5) is 35.8. The fraction of sp³-hybridized carbons (Fsp3) is 0.0556. The van der Waals surface area contributed by atoms with Gasteiger partial charge in [-0.25, -0.2) is 0 Å². The number of primary amides is 1. The van der Waals surface area contributed by atoms with Gasteiger partial charge in [-0.05, 0) is 59.8 Å². The molecule has 29 heavy (non-hydrogen) atoms. The van der Waals surface area contributed by atoms with Crippen LogP contribution in [-0.4, -0.2) is 36.9 Å². The predicted octanol–water partition coefficient (Wildman–Crippen LogP) is 2.63. The molecule has 3 rings (SSSR count). The quantitative estimate of drug-likeness (QED) is 0.527. The molecule has 1 heterocycles. The van der Waals surface area contributed by atoms with Gasteiger partial charge in [-0.1, -0.05) is 23.7 Å². The summed E-state index contributed by atoms with van der Waals surface area (Å²) in [5.74, 6) is -1.35. The van der Waals surface area contributed by atoms with Crippen LogP contribution in [0.25, 0.3) is 6.08 Å². The molecule has 0 aromatic heterocycles. The number of nitrogens with two attached hydrogens (primary N) is 1. The van der Waals surface area contributed by atoms with Gasteiger partial charge < -0.3 is 9.92 Å². The molecule has 1 saturated heterocycles. The largest absolute Gasteiger partial charge is 0.379 e. The molecule has 0 bridgehead atoms. The number of carbonyl (C=O) groups is 3. The van der Waals surface area contributed by atoms with Crippen LogP contribution in [-0.2, 0) is 19.7 Å². The van der Waals surface area contributed by atoms with Crippen molar-refractivity contribution < 1.29 is 27.0 Å². The lowest BCUT2D eigenvalue weighted by atomic mass is 10.2. The van der Waals surface area contributed by atoms with Gasteiger partial charge in [0.25, 0.3) is 11.1 Å². The zero-order valence-electron chi connectivity index (χ0n) is 14.6. The third kappa shape index (κ3) is 4.97. The number of amides is 3. The van der Waals surface area contributed by atoms with E-state index in [0.717, 1.165) is 4.90 Å². The van der Waals surface area contributed by atoms with Crippen LogP contribution in [0.1, 0.15) is 5.56 Å². The van der Waals surface area contributed by atoms with E-state index in [-0.39, 0.29) is 15.6 Å². The molecule has 0 atom stereocenters. The van der Waals surface area contributed by atoms with Crippen LogP contribution in [0.2, 0.25) is 5.02 Å². The molecule has 3 amide bonds. The number of rotatable bonds is 6. The zero-order valence-corrected chi connectivity index (χ0v) is 17.0. The summed E-state index contributed by atoms with van der Waals surface area (Å²) < 4.78 is 29.6. The first-order valence-electron chi connectivity index (χ1n) is 7.99. The number of nitrogens with zero attached hydrogens (tertiary/aromatic N) is 1. The maximum Gasteiger partial charge on any atom is 0.339 e. The Morgan fingerprint density at radius 1 is 1.10 bits per heavy atom. The average molecular weight is 453 g/mol. The Morgan fingerprint density at radius 3 is 2.31 bits per heavy atom. The summed E-state index contributed by atoms with van der Waals surface area (Å²) >= 11 is 6.43. The van der Waals surface area contributed by atoms with Gasteiger partial charge in [0, 0.05) is 5.02 Å². The molecule has 0 saturated carbocycles. The molecule has 150 valence electrons. The fourth-order valence-corrected chi connectivity index (χ4v) is 4.23. The Kier molecular flexibility index (Phi) is 5.96. The van der Waals surface area contributed by atoms with Gasteiger partial charge in [-0.15, -0.1) is 0 Å². The van der Waals surface area contributed by atoms with E-state index in [0.29, 0.717) is 22.3 Å². The highest BCUT2D eigenvalue weighted by molar-refractivity contribution is 8.18. The first-order valence-corrected chi connectivity index (χ1v) is 10.6. The number of thioether (sulfide) groups is 1.